The second-order valence-electron chi connectivity index (χ2n) is 34.2. The van der Waals surface area contributed by atoms with Crippen molar-refractivity contribution in [2.24, 2.45) is 17.8 Å². The fourth-order valence-electron chi connectivity index (χ4n) is 22.1. The fraction of sp³-hybridized carbons (Fsp3) is 0.598. The van der Waals surface area contributed by atoms with Gasteiger partial charge in [-0.05, 0) is 114 Å². The number of piperidine rings is 3. The minimum absolute atomic E-state index is 0.0407. The first kappa shape index (κ1) is 91.0. The van der Waals surface area contributed by atoms with E-state index in [4.69, 9.17) is 80.5 Å². The number of carbonyl (C=O) groups is 11. The zero-order valence-corrected chi connectivity index (χ0v) is 72.7. The number of ether oxygens (including phenoxy) is 18. The molecule has 6 saturated heterocycles. The highest BCUT2D eigenvalue weighted by Gasteiger charge is 2.70. The molecule has 0 amide bonds. The monoisotopic (exact) mass is 1830 g/mol. The van der Waals surface area contributed by atoms with Gasteiger partial charge < -0.3 is 131 Å². The van der Waals surface area contributed by atoms with E-state index in [1.54, 1.807) is 12.1 Å². The number of benzene rings is 3. The van der Waals surface area contributed by atoms with Crippen LogP contribution in [0.3, 0.4) is 0 Å². The number of hydrogen-bond donors (Lipinski definition) is 6. The number of carboxylic acids is 1. The molecule has 18 rings (SSSR count). The molecule has 9 aliphatic heterocycles. The minimum atomic E-state index is -1.79. The summed E-state index contributed by atoms with van der Waals surface area (Å²) in [6.07, 6.45) is -7.80. The van der Waals surface area contributed by atoms with Crippen LogP contribution < -0.4 is 23.7 Å². The molecule has 3 aromatic rings. The average Bonchev–Trinajstić information content (AvgIpc) is 1.48. The van der Waals surface area contributed by atoms with Gasteiger partial charge in [0.05, 0.1) is 14.2 Å². The number of aliphatic carboxylic acids is 1. The van der Waals surface area contributed by atoms with Crippen LogP contribution in [0.4, 0.5) is 0 Å². The lowest BCUT2D eigenvalue weighted by Gasteiger charge is -2.57. The lowest BCUT2D eigenvalue weighted by Crippen LogP contribution is -2.67. The maximum Gasteiger partial charge on any atom is 0.339 e. The number of likely N-dealkylation sites (N-methyl/N-ethyl adjacent to an activating group) is 3. The lowest BCUT2D eigenvalue weighted by atomic mass is 9.53. The number of hydrogen-bond acceptors (Lipinski definition) is 37. The lowest BCUT2D eigenvalue weighted by molar-refractivity contribution is -0.313. The molecule has 0 aromatic heterocycles. The van der Waals surface area contributed by atoms with Crippen molar-refractivity contribution in [1.29, 1.82) is 0 Å². The van der Waals surface area contributed by atoms with Crippen molar-refractivity contribution in [3.8, 4) is 34.5 Å². The van der Waals surface area contributed by atoms with Crippen LogP contribution in [-0.2, 0) is 150 Å². The van der Waals surface area contributed by atoms with Crippen molar-refractivity contribution < 1.29 is 169 Å². The van der Waals surface area contributed by atoms with Crippen LogP contribution in [0.2, 0.25) is 0 Å². The van der Waals surface area contributed by atoms with Crippen LogP contribution in [0, 0.1) is 17.8 Å². The van der Waals surface area contributed by atoms with Crippen LogP contribution in [0.1, 0.15) is 108 Å². The number of aromatic hydroxyl groups is 1. The highest BCUT2D eigenvalue weighted by Crippen LogP contribution is 2.67. The molecule has 38 nitrogen and oxygen atoms in total. The molecule has 15 aliphatic rings. The zero-order chi connectivity index (χ0) is 90.7. The molecule has 30 atom stereocenters. The zero-order valence-electron chi connectivity index (χ0n) is 71.1. The van der Waals surface area contributed by atoms with Gasteiger partial charge in [-0.15, -0.1) is 0 Å². The normalized spacial score (nSPS) is 37.6. The van der Waals surface area contributed by atoms with E-state index in [-0.39, 0.29) is 47.2 Å². The second-order valence-corrected chi connectivity index (χ2v) is 35.1. The maximum absolute atomic E-state index is 12.9. The van der Waals surface area contributed by atoms with Gasteiger partial charge in [-0.25, -0.2) is 14.4 Å². The van der Waals surface area contributed by atoms with E-state index in [1.807, 2.05) is 36.4 Å². The highest BCUT2D eigenvalue weighted by atomic mass is 79.9. The van der Waals surface area contributed by atoms with E-state index in [9.17, 15) is 83.4 Å². The predicted molar refractivity (Wildman–Crippen MR) is 428 cm³/mol. The minimum Gasteiger partial charge on any atom is -0.504 e. The van der Waals surface area contributed by atoms with E-state index >= 15 is 0 Å². The summed E-state index contributed by atoms with van der Waals surface area (Å²) in [4.78, 5) is 137. The summed E-state index contributed by atoms with van der Waals surface area (Å²) in [7, 11) is 8.63. The van der Waals surface area contributed by atoms with Crippen molar-refractivity contribution in [3.05, 3.63) is 106 Å². The Morgan fingerprint density at radius 2 is 0.778 bits per heavy atom. The molecule has 0 saturated carbocycles. The Kier molecular flexibility index (Phi) is 25.5. The second kappa shape index (κ2) is 35.4. The standard InChI is InChI=1S/C32H37NO13.C23H27NO9.C19H21NO4.C13H17BrO9/c1-14(34)40-21-9-7-18-13-20-19-8-10-22(29-32(19,11-12-33(20)5)23(18)24(21)45-29)44-31-28(43-17(4)37)26(42-16(3)36)25(41-15(2)35)27(46-31)30(38)39-6;1-24-7-6-23-10-3-5-13(31-22-17(28)15(26)16(27)19(33-22)21(29)30)20(23)32-18-12(25)4-2-9(14(18)23)8-11(10)24;1-10(21)23-15-6-3-11-9-13-12-4-5-14(22)18-19(12,7-8-20(13)2)16(11)17(15)24-18;1-5(15)20-8-9(21-6(2)16)11(13(18)19-4)23-12(14)10(8)22-7(3)17/h7-10,19-20,22,25-29,31H,11-13H2,1-6H3;2-5,10-11,13,15-17,19-20,22,25-28H,6-8H2,1H3,(H,29,30);3-6,12-14,18,22H,7-9H2,1-2H3;8-12H,1-4H3/t19?,20-,22+,25+,26+,27+,28-,29+,31-,32+;10?,11-,13+,15+,16+,17-,19+,20+,22+,23+;12?,13-,14+,18+,19+;8-,9-,10+,11-,12-/m1110/s1. The SMILES string of the molecule is CC(=O)Oc1ccc2c3c1O[C@H]1[C@@H](O)C=CC4[C@@H](C2)N(C)CC[C@@]341.CN1CC[C@]23c4c5ccc(O)c4O[C@H]2[C@@H](O[C@H]2O[C@H](C(=O)O)[C@@H](O)[C@H](O)[C@H]2O)C=CC3[C@H]1C5.COC(=O)[C@H]1O[C@@H](O[C@H]2C=CC3[C@H]4Cc5ccc(OC(C)=O)c6c5[C@@]3(CCN4C)[C@H]2O6)[C@H](OC(C)=O)[C@@H](OC(C)=O)[C@@H]1OC(C)=O.COC(=O)[C@H]1O[C@H](Br)[C@H](OC(C)=O)[C@@H](OC(C)=O)[C@@H]1OC(C)=O. The number of rotatable bonds is 15. The van der Waals surface area contributed by atoms with E-state index < -0.39 is 192 Å². The van der Waals surface area contributed by atoms with Gasteiger partial charge in [0.25, 0.3) is 0 Å². The third kappa shape index (κ3) is 15.8. The molecule has 39 heteroatoms. The molecule has 3 aromatic carbocycles. The van der Waals surface area contributed by atoms with Gasteiger partial charge in [-0.2, -0.15) is 0 Å². The number of phenols is 1. The summed E-state index contributed by atoms with van der Waals surface area (Å²) in [6, 6.07) is 12.1. The van der Waals surface area contributed by atoms with Crippen molar-refractivity contribution in [1.82, 2.24) is 14.7 Å². The molecular weight excluding hydrogens is 1730 g/mol. The molecule has 6 fully saturated rings. The average molecular weight is 1830 g/mol. The number of carbonyl (C=O) groups excluding carboxylic acids is 10. The molecule has 6 N–H and O–H groups in total. The van der Waals surface area contributed by atoms with Crippen LogP contribution in [0.5, 0.6) is 34.5 Å². The van der Waals surface area contributed by atoms with E-state index in [1.165, 1.54) is 25.0 Å². The van der Waals surface area contributed by atoms with Gasteiger partial charge in [0, 0.05) is 124 Å². The Labute approximate surface area is 730 Å². The molecule has 3 unspecified atom stereocenters. The number of phenolic OH excluding ortho intramolecular Hbond substituents is 1. The summed E-state index contributed by atoms with van der Waals surface area (Å²) in [6.45, 7) is 12.1. The van der Waals surface area contributed by atoms with Gasteiger partial charge in [-0.1, -0.05) is 70.6 Å². The summed E-state index contributed by atoms with van der Waals surface area (Å²) in [5, 5.41) is 60.1. The van der Waals surface area contributed by atoms with E-state index in [0.717, 1.165) is 130 Å². The summed E-state index contributed by atoms with van der Waals surface area (Å²) in [5.74, 6) is -5.60. The highest BCUT2D eigenvalue weighted by molar-refractivity contribution is 9.09. The van der Waals surface area contributed by atoms with Crippen molar-refractivity contribution >= 4 is 81.6 Å². The van der Waals surface area contributed by atoms with Crippen LogP contribution in [0.25, 0.3) is 0 Å². The molecule has 6 bridgehead atoms. The number of aliphatic hydroxyl groups excluding tert-OH is 4. The number of methoxy groups -OCH3 is 2. The molecule has 3 spiro atoms. The largest absolute Gasteiger partial charge is 0.504 e. The Morgan fingerprint density at radius 3 is 1.21 bits per heavy atom. The van der Waals surface area contributed by atoms with Crippen molar-refractivity contribution in [2.45, 2.75) is 256 Å². The maximum atomic E-state index is 12.9. The van der Waals surface area contributed by atoms with Gasteiger partial charge in [-0.3, -0.25) is 38.4 Å². The van der Waals surface area contributed by atoms with Crippen LogP contribution in [-0.4, -0.2) is 312 Å². The first-order chi connectivity index (χ1) is 59.8. The number of carboxylic acid groups (broad SMARTS) is 1. The molecule has 6 aliphatic carbocycles. The molecule has 9 heterocycles. The Morgan fingerprint density at radius 1 is 0.413 bits per heavy atom. The number of halogens is 1. The van der Waals surface area contributed by atoms with E-state index in [0.29, 0.717) is 47.1 Å². The number of likely N-dealkylation sites (tertiary alicyclic amines) is 3. The first-order valence-electron chi connectivity index (χ1n) is 41.5. The molecule has 126 heavy (non-hydrogen) atoms. The number of nitrogens with zero attached hydrogens (tertiary/aromatic N) is 3. The topological polar surface area (TPSA) is 485 Å². The number of aliphatic hydroxyl groups is 4. The predicted octanol–water partition coefficient (Wildman–Crippen LogP) is 1.74. The first-order valence-corrected chi connectivity index (χ1v) is 42.5. The summed E-state index contributed by atoms with van der Waals surface area (Å²) in [5.41, 5.74) is 5.43. The van der Waals surface area contributed by atoms with Crippen molar-refractivity contribution in [2.75, 3.05) is 55.0 Å². The van der Waals surface area contributed by atoms with E-state index in [2.05, 4.69) is 80.8 Å². The Hall–Kier alpha value is -9.75. The van der Waals surface area contributed by atoms with Crippen LogP contribution in [0.15, 0.2) is 72.9 Å². The Balaban J connectivity index is 0.000000135. The summed E-state index contributed by atoms with van der Waals surface area (Å²) >= 11 is 3.11. The third-order valence-corrected chi connectivity index (χ3v) is 27.7. The van der Waals surface area contributed by atoms with Gasteiger partial charge in [0.1, 0.15) is 54.9 Å². The summed E-state index contributed by atoms with van der Waals surface area (Å²) < 4.78 is 101. The fourth-order valence-corrected chi connectivity index (χ4v) is 22.7. The smallest absolute Gasteiger partial charge is 0.339 e. The molecule has 682 valence electrons. The Bertz CT molecular complexity index is 4940. The number of alkyl halides is 1. The van der Waals surface area contributed by atoms with Gasteiger partial charge in [0.15, 0.2) is 101 Å². The van der Waals surface area contributed by atoms with Crippen LogP contribution >= 0.6 is 15.9 Å². The third-order valence-electron chi connectivity index (χ3n) is 26.9. The van der Waals surface area contributed by atoms with Gasteiger partial charge >= 0.3 is 65.7 Å². The van der Waals surface area contributed by atoms with Gasteiger partial charge in [0.2, 0.25) is 6.29 Å². The number of esters is 10. The molecule has 0 radical (unpaired) electrons. The quantitative estimate of drug-likeness (QED) is 0.0415. The molecular formula is C87H102BrN3O35. The van der Waals surface area contributed by atoms with Crippen molar-refractivity contribution in [3.63, 3.8) is 0 Å².